The van der Waals surface area contributed by atoms with Crippen molar-refractivity contribution in [2.75, 3.05) is 12.4 Å². The number of aryl methyl sites for hydroxylation is 2. The highest BCUT2D eigenvalue weighted by Gasteiger charge is 2.25. The summed E-state index contributed by atoms with van der Waals surface area (Å²) < 4.78 is 7.26. The minimum Gasteiger partial charge on any atom is -0.461 e. The van der Waals surface area contributed by atoms with Crippen molar-refractivity contribution in [1.29, 1.82) is 0 Å². The molecule has 1 fully saturated rings. The van der Waals surface area contributed by atoms with Gasteiger partial charge in [0.1, 0.15) is 11.5 Å². The molecule has 0 bridgehead atoms. The second kappa shape index (κ2) is 8.94. The lowest BCUT2D eigenvalue weighted by Crippen LogP contribution is -2.16. The maximum Gasteiger partial charge on any atom is 0.355 e. The molecule has 2 heterocycles. The lowest BCUT2D eigenvalue weighted by atomic mass is 9.95. The second-order valence-electron chi connectivity index (χ2n) is 7.25. The molecule has 7 nitrogen and oxygen atoms in total. The van der Waals surface area contributed by atoms with E-state index in [0.29, 0.717) is 35.2 Å². The molecule has 1 N–H and O–H groups in total. The zero-order valence-electron chi connectivity index (χ0n) is 17.0. The largest absolute Gasteiger partial charge is 0.461 e. The van der Waals surface area contributed by atoms with Crippen LogP contribution in [-0.2, 0) is 4.74 Å². The molecule has 1 aliphatic rings. The fourth-order valence-corrected chi connectivity index (χ4v) is 4.91. The minimum atomic E-state index is -0.428. The van der Waals surface area contributed by atoms with Gasteiger partial charge < -0.3 is 14.3 Å². The Morgan fingerprint density at radius 3 is 2.57 bits per heavy atom. The van der Waals surface area contributed by atoms with Gasteiger partial charge in [0, 0.05) is 17.3 Å². The predicted octanol–water partition coefficient (Wildman–Crippen LogP) is 4.19. The Morgan fingerprint density at radius 2 is 1.89 bits per heavy atom. The van der Waals surface area contributed by atoms with Gasteiger partial charge >= 0.3 is 5.97 Å². The molecule has 0 radical (unpaired) electrons. The van der Waals surface area contributed by atoms with E-state index in [1.54, 1.807) is 13.8 Å². The SMILES string of the molecule is CCOC(=O)c1[nH]c(C)c(C(=O)CSc2nnc(C)n2C2CCCCC2)c1C. The summed E-state index contributed by atoms with van der Waals surface area (Å²) in [6.45, 7) is 7.62. The van der Waals surface area contributed by atoms with E-state index in [1.165, 1.54) is 31.0 Å². The molecule has 0 aromatic carbocycles. The number of ether oxygens (including phenoxy) is 1. The Morgan fingerprint density at radius 1 is 1.18 bits per heavy atom. The van der Waals surface area contributed by atoms with Gasteiger partial charge in [0.15, 0.2) is 10.9 Å². The quantitative estimate of drug-likeness (QED) is 0.423. The summed E-state index contributed by atoms with van der Waals surface area (Å²) in [5, 5.41) is 9.34. The lowest BCUT2D eigenvalue weighted by Gasteiger charge is -2.24. The molecule has 0 atom stereocenters. The standard InChI is InChI=1S/C20H28N4O3S/c1-5-27-19(26)18-12(2)17(13(3)21-18)16(25)11-28-20-23-22-14(4)24(20)15-9-7-6-8-10-15/h15,21H,5-11H2,1-4H3. The number of carbonyl (C=O) groups is 2. The number of aromatic amines is 1. The number of carbonyl (C=O) groups excluding carboxylic acids is 2. The first-order chi connectivity index (χ1) is 13.4. The molecule has 152 valence electrons. The summed E-state index contributed by atoms with van der Waals surface area (Å²) in [6, 6.07) is 0.424. The summed E-state index contributed by atoms with van der Waals surface area (Å²) in [6.07, 6.45) is 6.01. The van der Waals surface area contributed by atoms with Crippen LogP contribution in [0.3, 0.4) is 0 Å². The van der Waals surface area contributed by atoms with E-state index in [4.69, 9.17) is 4.74 Å². The number of nitrogens with zero attached hydrogens (tertiary/aromatic N) is 3. The molecular formula is C20H28N4O3S. The molecule has 8 heteroatoms. The number of ketones is 1. The van der Waals surface area contributed by atoms with E-state index in [2.05, 4.69) is 19.7 Å². The van der Waals surface area contributed by atoms with Crippen molar-refractivity contribution in [1.82, 2.24) is 19.7 Å². The number of H-pyrrole nitrogens is 1. The topological polar surface area (TPSA) is 89.9 Å². The molecule has 1 saturated carbocycles. The number of rotatable bonds is 7. The summed E-state index contributed by atoms with van der Waals surface area (Å²) in [5.41, 5.74) is 2.26. The number of thioether (sulfide) groups is 1. The van der Waals surface area contributed by atoms with Gasteiger partial charge in [-0.2, -0.15) is 0 Å². The summed E-state index contributed by atoms with van der Waals surface area (Å²) in [5.74, 6) is 0.706. The van der Waals surface area contributed by atoms with Crippen molar-refractivity contribution in [2.45, 2.75) is 71.0 Å². The molecule has 1 aliphatic carbocycles. The van der Waals surface area contributed by atoms with Crippen LogP contribution in [0.15, 0.2) is 5.16 Å². The molecule has 0 saturated heterocycles. The molecule has 28 heavy (non-hydrogen) atoms. The number of Topliss-reactive ketones (excluding diaryl/α,β-unsaturated/α-hetero) is 1. The van der Waals surface area contributed by atoms with E-state index in [-0.39, 0.29) is 11.5 Å². The fraction of sp³-hybridized carbons (Fsp3) is 0.600. The second-order valence-corrected chi connectivity index (χ2v) is 8.19. The number of hydrogen-bond donors (Lipinski definition) is 1. The number of nitrogens with one attached hydrogen (secondary N) is 1. The van der Waals surface area contributed by atoms with Crippen molar-refractivity contribution >= 4 is 23.5 Å². The summed E-state index contributed by atoms with van der Waals surface area (Å²) >= 11 is 1.42. The Balaban J connectivity index is 1.74. The minimum absolute atomic E-state index is 0.0253. The third-order valence-corrected chi connectivity index (χ3v) is 6.25. The van der Waals surface area contributed by atoms with Crippen molar-refractivity contribution in [3.05, 3.63) is 28.3 Å². The Hall–Kier alpha value is -2.09. The molecule has 2 aromatic rings. The van der Waals surface area contributed by atoms with E-state index >= 15 is 0 Å². The van der Waals surface area contributed by atoms with Crippen LogP contribution in [0, 0.1) is 20.8 Å². The molecule has 0 aliphatic heterocycles. The van der Waals surface area contributed by atoms with Crippen molar-refractivity contribution in [3.8, 4) is 0 Å². The monoisotopic (exact) mass is 404 g/mol. The first-order valence-corrected chi connectivity index (χ1v) is 10.9. The van der Waals surface area contributed by atoms with Crippen LogP contribution in [-0.4, -0.2) is 43.9 Å². The lowest BCUT2D eigenvalue weighted by molar-refractivity contribution is 0.0519. The average Bonchev–Trinajstić information content (AvgIpc) is 3.19. The highest BCUT2D eigenvalue weighted by molar-refractivity contribution is 7.99. The number of aromatic nitrogens is 4. The summed E-state index contributed by atoms with van der Waals surface area (Å²) in [7, 11) is 0. The molecule has 2 aromatic heterocycles. The van der Waals surface area contributed by atoms with Crippen LogP contribution >= 0.6 is 11.8 Å². The maximum atomic E-state index is 12.9. The first kappa shape index (κ1) is 20.6. The normalized spacial score (nSPS) is 15.0. The molecular weight excluding hydrogens is 376 g/mol. The predicted molar refractivity (Wildman–Crippen MR) is 108 cm³/mol. The van der Waals surface area contributed by atoms with Crippen LogP contribution in [0.2, 0.25) is 0 Å². The maximum absolute atomic E-state index is 12.9. The van der Waals surface area contributed by atoms with Gasteiger partial charge in [-0.05, 0) is 46.1 Å². The van der Waals surface area contributed by atoms with E-state index in [9.17, 15) is 9.59 Å². The van der Waals surface area contributed by atoms with Gasteiger partial charge in [0.05, 0.1) is 12.4 Å². The van der Waals surface area contributed by atoms with Crippen molar-refractivity contribution in [3.63, 3.8) is 0 Å². The van der Waals surface area contributed by atoms with Gasteiger partial charge in [-0.1, -0.05) is 31.0 Å². The molecule has 0 amide bonds. The zero-order valence-corrected chi connectivity index (χ0v) is 17.8. The number of esters is 1. The van der Waals surface area contributed by atoms with Crippen LogP contribution in [0.5, 0.6) is 0 Å². The van der Waals surface area contributed by atoms with Crippen LogP contribution < -0.4 is 0 Å². The van der Waals surface area contributed by atoms with Crippen LogP contribution in [0.25, 0.3) is 0 Å². The summed E-state index contributed by atoms with van der Waals surface area (Å²) in [4.78, 5) is 28.0. The number of hydrogen-bond acceptors (Lipinski definition) is 6. The van der Waals surface area contributed by atoms with Crippen LogP contribution in [0.1, 0.15) is 83.0 Å². The Bertz CT molecular complexity index is 865. The Kier molecular flexibility index (Phi) is 6.59. The fourth-order valence-electron chi connectivity index (χ4n) is 3.99. The first-order valence-electron chi connectivity index (χ1n) is 9.87. The van der Waals surface area contributed by atoms with Crippen molar-refractivity contribution in [2.24, 2.45) is 0 Å². The van der Waals surface area contributed by atoms with E-state index < -0.39 is 5.97 Å². The van der Waals surface area contributed by atoms with E-state index in [0.717, 1.165) is 23.8 Å². The smallest absolute Gasteiger partial charge is 0.355 e. The molecule has 0 spiro atoms. The highest BCUT2D eigenvalue weighted by atomic mass is 32.2. The third kappa shape index (κ3) is 4.16. The van der Waals surface area contributed by atoms with Gasteiger partial charge in [-0.15, -0.1) is 10.2 Å². The van der Waals surface area contributed by atoms with Gasteiger partial charge in [0.2, 0.25) is 0 Å². The van der Waals surface area contributed by atoms with Gasteiger partial charge in [-0.25, -0.2) is 4.79 Å². The van der Waals surface area contributed by atoms with E-state index in [1.807, 2.05) is 13.8 Å². The highest BCUT2D eigenvalue weighted by Crippen LogP contribution is 2.33. The van der Waals surface area contributed by atoms with Crippen LogP contribution in [0.4, 0.5) is 0 Å². The van der Waals surface area contributed by atoms with Crippen molar-refractivity contribution < 1.29 is 14.3 Å². The third-order valence-electron chi connectivity index (χ3n) is 5.30. The molecule has 0 unspecified atom stereocenters. The van der Waals surface area contributed by atoms with Gasteiger partial charge in [-0.3, -0.25) is 4.79 Å². The molecule has 3 rings (SSSR count). The van der Waals surface area contributed by atoms with Gasteiger partial charge in [0.25, 0.3) is 0 Å². The zero-order chi connectivity index (χ0) is 20.3. The Labute approximate surface area is 169 Å². The average molecular weight is 405 g/mol.